The van der Waals surface area contributed by atoms with Gasteiger partial charge in [0.25, 0.3) is 0 Å². The maximum absolute atomic E-state index is 10.8. The molecule has 0 aliphatic rings. The minimum Gasteiger partial charge on any atom is -0.478 e. The molecule has 0 unspecified atom stereocenters. The quantitative estimate of drug-likeness (QED) is 0.775. The molecule has 0 fully saturated rings. The van der Waals surface area contributed by atoms with Gasteiger partial charge in [-0.2, -0.15) is 5.26 Å². The molecule has 0 aromatic heterocycles. The van der Waals surface area contributed by atoms with Gasteiger partial charge >= 0.3 is 5.97 Å². The molecule has 0 saturated carbocycles. The van der Waals surface area contributed by atoms with Crippen molar-refractivity contribution in [2.45, 2.75) is 20.3 Å². The summed E-state index contributed by atoms with van der Waals surface area (Å²) >= 11 is 0. The van der Waals surface area contributed by atoms with Crippen molar-refractivity contribution in [3.05, 3.63) is 34.4 Å². The Morgan fingerprint density at radius 1 is 1.57 bits per heavy atom. The second-order valence-electron chi connectivity index (χ2n) is 3.11. The first-order chi connectivity index (χ1) is 6.60. The molecule has 14 heavy (non-hydrogen) atoms. The number of hydrogen-bond acceptors (Lipinski definition) is 2. The van der Waals surface area contributed by atoms with Crippen LogP contribution in [0.1, 0.15) is 34.0 Å². The molecule has 1 aromatic rings. The van der Waals surface area contributed by atoms with E-state index >= 15 is 0 Å². The summed E-state index contributed by atoms with van der Waals surface area (Å²) in [7, 11) is 0. The fraction of sp³-hybridized carbons (Fsp3) is 0.273. The first kappa shape index (κ1) is 10.3. The van der Waals surface area contributed by atoms with Gasteiger partial charge in [-0.15, -0.1) is 0 Å². The zero-order valence-electron chi connectivity index (χ0n) is 8.16. The molecule has 1 aromatic carbocycles. The molecule has 1 rings (SSSR count). The highest BCUT2D eigenvalue weighted by atomic mass is 16.4. The van der Waals surface area contributed by atoms with Crippen molar-refractivity contribution in [1.82, 2.24) is 0 Å². The highest BCUT2D eigenvalue weighted by Gasteiger charge is 2.12. The van der Waals surface area contributed by atoms with Crippen molar-refractivity contribution in [2.75, 3.05) is 0 Å². The lowest BCUT2D eigenvalue weighted by Gasteiger charge is -2.05. The Balaban J connectivity index is 3.45. The topological polar surface area (TPSA) is 61.1 Å². The minimum absolute atomic E-state index is 0.101. The Kier molecular flexibility index (Phi) is 2.88. The van der Waals surface area contributed by atoms with Crippen LogP contribution in [0.2, 0.25) is 0 Å². The smallest absolute Gasteiger partial charge is 0.337 e. The number of aryl methyl sites for hydroxylation is 2. The third-order valence-corrected chi connectivity index (χ3v) is 2.15. The normalized spacial score (nSPS) is 9.50. The summed E-state index contributed by atoms with van der Waals surface area (Å²) in [4.78, 5) is 10.8. The third-order valence-electron chi connectivity index (χ3n) is 2.15. The zero-order chi connectivity index (χ0) is 10.7. The highest BCUT2D eigenvalue weighted by Crippen LogP contribution is 2.17. The van der Waals surface area contributed by atoms with Gasteiger partial charge in [0.15, 0.2) is 0 Å². The molecule has 3 nitrogen and oxygen atoms in total. The standard InChI is InChI=1S/C11H11NO2/c1-3-8-4-7(2)10(6-12)9(5-8)11(13)14/h4-5H,3H2,1-2H3,(H,13,14). The summed E-state index contributed by atoms with van der Waals surface area (Å²) in [6.45, 7) is 3.70. The van der Waals surface area contributed by atoms with E-state index in [1.54, 1.807) is 13.0 Å². The second kappa shape index (κ2) is 3.93. The lowest BCUT2D eigenvalue weighted by molar-refractivity contribution is 0.0696. The molecule has 0 aliphatic heterocycles. The van der Waals surface area contributed by atoms with E-state index < -0.39 is 5.97 Å². The predicted molar refractivity (Wildman–Crippen MR) is 52.2 cm³/mol. The van der Waals surface area contributed by atoms with Gasteiger partial charge in [0, 0.05) is 0 Å². The molecule has 0 bridgehead atoms. The molecule has 0 saturated heterocycles. The molecule has 0 radical (unpaired) electrons. The Hall–Kier alpha value is -1.82. The first-order valence-electron chi connectivity index (χ1n) is 4.37. The molecule has 0 spiro atoms. The van der Waals surface area contributed by atoms with Gasteiger partial charge in [0.05, 0.1) is 11.1 Å². The van der Waals surface area contributed by atoms with Crippen molar-refractivity contribution in [1.29, 1.82) is 5.26 Å². The van der Waals surface area contributed by atoms with E-state index in [4.69, 9.17) is 10.4 Å². The molecule has 0 atom stereocenters. The van der Waals surface area contributed by atoms with Gasteiger partial charge in [-0.3, -0.25) is 0 Å². The molecule has 3 heteroatoms. The maximum atomic E-state index is 10.8. The van der Waals surface area contributed by atoms with Crippen LogP contribution in [0.3, 0.4) is 0 Å². The molecule has 0 heterocycles. The van der Waals surface area contributed by atoms with Crippen molar-refractivity contribution >= 4 is 5.97 Å². The number of hydrogen-bond donors (Lipinski definition) is 1. The summed E-state index contributed by atoms with van der Waals surface area (Å²) in [5.41, 5.74) is 2.03. The monoisotopic (exact) mass is 189 g/mol. The van der Waals surface area contributed by atoms with Crippen molar-refractivity contribution < 1.29 is 9.90 Å². The lowest BCUT2D eigenvalue weighted by Crippen LogP contribution is -2.03. The Morgan fingerprint density at radius 3 is 2.64 bits per heavy atom. The Morgan fingerprint density at radius 2 is 2.21 bits per heavy atom. The predicted octanol–water partition coefficient (Wildman–Crippen LogP) is 2.13. The summed E-state index contributed by atoms with van der Waals surface area (Å²) in [6.07, 6.45) is 0.771. The van der Waals surface area contributed by atoms with Gasteiger partial charge in [-0.1, -0.05) is 13.0 Å². The average Bonchev–Trinajstić information content (AvgIpc) is 2.16. The lowest BCUT2D eigenvalue weighted by atomic mass is 9.98. The SMILES string of the molecule is CCc1cc(C)c(C#N)c(C(=O)O)c1. The number of nitrogens with zero attached hydrogens (tertiary/aromatic N) is 1. The third kappa shape index (κ3) is 1.74. The van der Waals surface area contributed by atoms with E-state index in [0.717, 1.165) is 17.5 Å². The number of carbonyl (C=O) groups is 1. The number of aromatic carboxylic acids is 1. The number of nitriles is 1. The summed E-state index contributed by atoms with van der Waals surface area (Å²) in [5.74, 6) is -1.04. The number of carboxylic acids is 1. The maximum Gasteiger partial charge on any atom is 0.337 e. The Labute approximate surface area is 82.6 Å². The van der Waals surface area contributed by atoms with E-state index in [2.05, 4.69) is 0 Å². The molecule has 1 N–H and O–H groups in total. The average molecular weight is 189 g/mol. The molecule has 0 aliphatic carbocycles. The van der Waals surface area contributed by atoms with Crippen LogP contribution >= 0.6 is 0 Å². The van der Waals surface area contributed by atoms with Crippen LogP contribution in [0, 0.1) is 18.3 Å². The highest BCUT2D eigenvalue weighted by molar-refractivity contribution is 5.91. The minimum atomic E-state index is -1.04. The van der Waals surface area contributed by atoms with E-state index in [0.29, 0.717) is 0 Å². The van der Waals surface area contributed by atoms with E-state index in [9.17, 15) is 4.79 Å². The second-order valence-corrected chi connectivity index (χ2v) is 3.11. The van der Waals surface area contributed by atoms with Gasteiger partial charge in [0.1, 0.15) is 6.07 Å². The van der Waals surface area contributed by atoms with Crippen LogP contribution in [0.4, 0.5) is 0 Å². The van der Waals surface area contributed by atoms with E-state index in [1.165, 1.54) is 0 Å². The molecular weight excluding hydrogens is 178 g/mol. The zero-order valence-corrected chi connectivity index (χ0v) is 8.16. The van der Waals surface area contributed by atoms with Crippen LogP contribution in [-0.4, -0.2) is 11.1 Å². The number of carboxylic acid groups (broad SMARTS) is 1. The van der Waals surface area contributed by atoms with Crippen LogP contribution in [0.25, 0.3) is 0 Å². The summed E-state index contributed by atoms with van der Waals surface area (Å²) in [6, 6.07) is 5.33. The van der Waals surface area contributed by atoms with E-state index in [-0.39, 0.29) is 11.1 Å². The summed E-state index contributed by atoms with van der Waals surface area (Å²) < 4.78 is 0. The van der Waals surface area contributed by atoms with Crippen LogP contribution < -0.4 is 0 Å². The number of benzene rings is 1. The van der Waals surface area contributed by atoms with Gasteiger partial charge in [0.2, 0.25) is 0 Å². The van der Waals surface area contributed by atoms with Crippen molar-refractivity contribution in [3.63, 3.8) is 0 Å². The Bertz CT molecular complexity index is 416. The molecule has 0 amide bonds. The van der Waals surface area contributed by atoms with Gasteiger partial charge < -0.3 is 5.11 Å². The van der Waals surface area contributed by atoms with Crippen LogP contribution in [-0.2, 0) is 6.42 Å². The fourth-order valence-corrected chi connectivity index (χ4v) is 1.38. The molecular formula is C11H11NO2. The van der Waals surface area contributed by atoms with Gasteiger partial charge in [-0.05, 0) is 30.5 Å². The fourth-order valence-electron chi connectivity index (χ4n) is 1.38. The summed E-state index contributed by atoms with van der Waals surface area (Å²) in [5, 5.41) is 17.7. The van der Waals surface area contributed by atoms with Gasteiger partial charge in [-0.25, -0.2) is 4.79 Å². The molecule has 72 valence electrons. The van der Waals surface area contributed by atoms with E-state index in [1.807, 2.05) is 19.1 Å². The van der Waals surface area contributed by atoms with Crippen LogP contribution in [0.5, 0.6) is 0 Å². The number of rotatable bonds is 2. The van der Waals surface area contributed by atoms with Crippen molar-refractivity contribution in [3.8, 4) is 6.07 Å². The van der Waals surface area contributed by atoms with Crippen molar-refractivity contribution in [2.24, 2.45) is 0 Å². The largest absolute Gasteiger partial charge is 0.478 e. The first-order valence-corrected chi connectivity index (χ1v) is 4.37. The van der Waals surface area contributed by atoms with Crippen LogP contribution in [0.15, 0.2) is 12.1 Å².